The number of nitrogens with one attached hydrogen (secondary N) is 1. The van der Waals surface area contributed by atoms with Crippen LogP contribution in [0.3, 0.4) is 0 Å². The van der Waals surface area contributed by atoms with Gasteiger partial charge in [-0.05, 0) is 38.2 Å². The third kappa shape index (κ3) is 5.04. The van der Waals surface area contributed by atoms with Gasteiger partial charge in [-0.25, -0.2) is 0 Å². The van der Waals surface area contributed by atoms with E-state index in [0.29, 0.717) is 28.0 Å². The maximum Gasteiger partial charge on any atom is 0.241 e. The first-order chi connectivity index (χ1) is 12.3. The van der Waals surface area contributed by atoms with Crippen molar-refractivity contribution in [3.05, 3.63) is 52.0 Å². The van der Waals surface area contributed by atoms with Gasteiger partial charge >= 0.3 is 0 Å². The number of rotatable bonds is 7. The molecule has 0 aliphatic heterocycles. The Morgan fingerprint density at radius 3 is 2.50 bits per heavy atom. The van der Waals surface area contributed by atoms with Gasteiger partial charge in [0.1, 0.15) is 11.5 Å². The first kappa shape index (κ1) is 20.4. The Morgan fingerprint density at radius 2 is 1.88 bits per heavy atom. The summed E-state index contributed by atoms with van der Waals surface area (Å²) >= 11 is 12.0. The Hall–Kier alpha value is -1.95. The lowest BCUT2D eigenvalue weighted by Crippen LogP contribution is -2.39. The van der Waals surface area contributed by atoms with Gasteiger partial charge in [0, 0.05) is 23.2 Å². The molecular weight excluding hydrogens is 375 g/mol. The Labute approximate surface area is 163 Å². The van der Waals surface area contributed by atoms with E-state index in [9.17, 15) is 4.79 Å². The summed E-state index contributed by atoms with van der Waals surface area (Å²) in [5.74, 6) is 1.27. The fourth-order valence-electron chi connectivity index (χ4n) is 2.42. The average molecular weight is 397 g/mol. The summed E-state index contributed by atoms with van der Waals surface area (Å²) in [5, 5.41) is 3.75. The van der Waals surface area contributed by atoms with Crippen LogP contribution in [0, 0.1) is 0 Å². The average Bonchev–Trinajstić information content (AvgIpc) is 2.63. The third-order valence-electron chi connectivity index (χ3n) is 4.14. The number of benzene rings is 2. The van der Waals surface area contributed by atoms with Crippen molar-refractivity contribution in [3.8, 4) is 11.5 Å². The molecule has 140 valence electrons. The van der Waals surface area contributed by atoms with Crippen LogP contribution in [0.2, 0.25) is 10.0 Å². The lowest BCUT2D eigenvalue weighted by Gasteiger charge is -2.25. The predicted octanol–water partition coefficient (Wildman–Crippen LogP) is 4.47. The lowest BCUT2D eigenvalue weighted by atomic mass is 10.1. The SMILES string of the molecule is COc1ccc(CN(C)[C@@H](C)C(=O)Nc2ccc(Cl)cc2Cl)c(OC)c1. The minimum Gasteiger partial charge on any atom is -0.497 e. The maximum absolute atomic E-state index is 12.5. The molecule has 1 N–H and O–H groups in total. The molecule has 0 aliphatic carbocycles. The van der Waals surface area contributed by atoms with Gasteiger partial charge in [-0.15, -0.1) is 0 Å². The van der Waals surface area contributed by atoms with Crippen molar-refractivity contribution in [3.63, 3.8) is 0 Å². The van der Waals surface area contributed by atoms with Crippen LogP contribution in [-0.2, 0) is 11.3 Å². The molecule has 0 saturated carbocycles. The summed E-state index contributed by atoms with van der Waals surface area (Å²) in [6.45, 7) is 2.37. The van der Waals surface area contributed by atoms with Crippen molar-refractivity contribution >= 4 is 34.8 Å². The minimum absolute atomic E-state index is 0.163. The van der Waals surface area contributed by atoms with E-state index in [0.717, 1.165) is 11.3 Å². The number of amides is 1. The van der Waals surface area contributed by atoms with Gasteiger partial charge < -0.3 is 14.8 Å². The Balaban J connectivity index is 2.06. The van der Waals surface area contributed by atoms with Gasteiger partial charge in [-0.1, -0.05) is 29.3 Å². The second kappa shape index (κ2) is 9.12. The summed E-state index contributed by atoms with van der Waals surface area (Å²) in [4.78, 5) is 14.5. The largest absolute Gasteiger partial charge is 0.497 e. The van der Waals surface area contributed by atoms with Gasteiger partial charge in [-0.3, -0.25) is 9.69 Å². The monoisotopic (exact) mass is 396 g/mol. The highest BCUT2D eigenvalue weighted by atomic mass is 35.5. The molecule has 0 unspecified atom stereocenters. The van der Waals surface area contributed by atoms with E-state index < -0.39 is 0 Å². The van der Waals surface area contributed by atoms with Gasteiger partial charge in [-0.2, -0.15) is 0 Å². The molecule has 1 atom stereocenters. The summed E-state index contributed by atoms with van der Waals surface area (Å²) in [5.41, 5.74) is 1.49. The van der Waals surface area contributed by atoms with Gasteiger partial charge in [0.25, 0.3) is 0 Å². The number of methoxy groups -OCH3 is 2. The molecule has 0 saturated heterocycles. The third-order valence-corrected chi connectivity index (χ3v) is 4.69. The maximum atomic E-state index is 12.5. The minimum atomic E-state index is -0.381. The molecule has 2 aromatic rings. The molecule has 1 amide bonds. The van der Waals surface area contributed by atoms with E-state index in [1.807, 2.05) is 37.1 Å². The van der Waals surface area contributed by atoms with Gasteiger partial charge in [0.15, 0.2) is 0 Å². The van der Waals surface area contributed by atoms with Crippen LogP contribution in [0.25, 0.3) is 0 Å². The van der Waals surface area contributed by atoms with Crippen molar-refractivity contribution in [2.75, 3.05) is 26.6 Å². The fraction of sp³-hybridized carbons (Fsp3) is 0.316. The van der Waals surface area contributed by atoms with Crippen LogP contribution in [0.5, 0.6) is 11.5 Å². The Morgan fingerprint density at radius 1 is 1.15 bits per heavy atom. The second-order valence-corrected chi connectivity index (χ2v) is 6.73. The summed E-state index contributed by atoms with van der Waals surface area (Å²) in [6, 6.07) is 10.2. The van der Waals surface area contributed by atoms with Crippen LogP contribution < -0.4 is 14.8 Å². The summed E-state index contributed by atoms with van der Waals surface area (Å²) in [7, 11) is 5.09. The number of hydrogen-bond donors (Lipinski definition) is 1. The zero-order valence-electron chi connectivity index (χ0n) is 15.2. The van der Waals surface area contributed by atoms with Crippen molar-refractivity contribution < 1.29 is 14.3 Å². The molecule has 0 radical (unpaired) electrons. The first-order valence-corrected chi connectivity index (χ1v) is 8.78. The number of carbonyl (C=O) groups excluding carboxylic acids is 1. The van der Waals surface area contributed by atoms with Gasteiger partial charge in [0.2, 0.25) is 5.91 Å². The van der Waals surface area contributed by atoms with Crippen LogP contribution in [0.1, 0.15) is 12.5 Å². The molecule has 26 heavy (non-hydrogen) atoms. The topological polar surface area (TPSA) is 50.8 Å². The van der Waals surface area contributed by atoms with E-state index in [1.54, 1.807) is 32.4 Å². The zero-order chi connectivity index (χ0) is 19.3. The molecule has 0 spiro atoms. The standard InChI is InChI=1S/C19H22Cl2N2O3/c1-12(19(24)22-17-8-6-14(20)9-16(17)21)23(2)11-13-5-7-15(25-3)10-18(13)26-4/h5-10,12H,11H2,1-4H3,(H,22,24)/t12-/m0/s1. The van der Waals surface area contributed by atoms with Crippen LogP contribution >= 0.6 is 23.2 Å². The zero-order valence-corrected chi connectivity index (χ0v) is 16.7. The van der Waals surface area contributed by atoms with E-state index in [2.05, 4.69) is 5.32 Å². The predicted molar refractivity (Wildman–Crippen MR) is 106 cm³/mol. The van der Waals surface area contributed by atoms with Crippen LogP contribution in [0.15, 0.2) is 36.4 Å². The summed E-state index contributed by atoms with van der Waals surface area (Å²) in [6.07, 6.45) is 0. The molecule has 2 rings (SSSR count). The van der Waals surface area contributed by atoms with Gasteiger partial charge in [0.05, 0.1) is 31.0 Å². The number of anilines is 1. The summed E-state index contributed by atoms with van der Waals surface area (Å²) < 4.78 is 10.6. The van der Waals surface area contributed by atoms with E-state index in [-0.39, 0.29) is 11.9 Å². The second-order valence-electron chi connectivity index (χ2n) is 5.88. The quantitative estimate of drug-likeness (QED) is 0.749. The smallest absolute Gasteiger partial charge is 0.241 e. The fourth-order valence-corrected chi connectivity index (χ4v) is 2.87. The first-order valence-electron chi connectivity index (χ1n) is 8.02. The highest BCUT2D eigenvalue weighted by molar-refractivity contribution is 6.36. The molecule has 2 aromatic carbocycles. The van der Waals surface area contributed by atoms with Crippen molar-refractivity contribution in [1.82, 2.24) is 4.90 Å². The molecule has 0 aromatic heterocycles. The van der Waals surface area contributed by atoms with E-state index in [1.165, 1.54) is 0 Å². The number of likely N-dealkylation sites (N-methyl/N-ethyl adjacent to an activating group) is 1. The normalized spacial score (nSPS) is 12.0. The van der Waals surface area contributed by atoms with Crippen molar-refractivity contribution in [2.45, 2.75) is 19.5 Å². The number of hydrogen-bond acceptors (Lipinski definition) is 4. The molecular formula is C19H22Cl2N2O3. The highest BCUT2D eigenvalue weighted by Crippen LogP contribution is 2.27. The molecule has 0 bridgehead atoms. The lowest BCUT2D eigenvalue weighted by molar-refractivity contribution is -0.120. The van der Waals surface area contributed by atoms with Crippen molar-refractivity contribution in [1.29, 1.82) is 0 Å². The number of nitrogens with zero attached hydrogens (tertiary/aromatic N) is 1. The molecule has 0 aliphatic rings. The number of halogens is 2. The van der Waals surface area contributed by atoms with E-state index in [4.69, 9.17) is 32.7 Å². The molecule has 7 heteroatoms. The molecule has 5 nitrogen and oxygen atoms in total. The Kier molecular flexibility index (Phi) is 7.14. The molecule has 0 heterocycles. The van der Waals surface area contributed by atoms with Crippen LogP contribution in [-0.4, -0.2) is 38.1 Å². The number of ether oxygens (including phenoxy) is 2. The van der Waals surface area contributed by atoms with E-state index >= 15 is 0 Å². The van der Waals surface area contributed by atoms with Crippen LogP contribution in [0.4, 0.5) is 5.69 Å². The van der Waals surface area contributed by atoms with Crippen molar-refractivity contribution in [2.24, 2.45) is 0 Å². The number of carbonyl (C=O) groups is 1. The molecule has 0 fully saturated rings. The Bertz CT molecular complexity index is 783. The highest BCUT2D eigenvalue weighted by Gasteiger charge is 2.20.